The second kappa shape index (κ2) is 7.71. The highest BCUT2D eigenvalue weighted by atomic mass is 19.1. The smallest absolute Gasteiger partial charge is 0.129 e. The van der Waals surface area contributed by atoms with Crippen LogP contribution in [0.15, 0.2) is 12.1 Å². The van der Waals surface area contributed by atoms with Gasteiger partial charge in [0.15, 0.2) is 0 Å². The number of rotatable bonds is 7. The van der Waals surface area contributed by atoms with E-state index in [2.05, 4.69) is 12.2 Å². The van der Waals surface area contributed by atoms with Gasteiger partial charge in [0, 0.05) is 17.8 Å². The van der Waals surface area contributed by atoms with Gasteiger partial charge in [0.1, 0.15) is 5.82 Å². The van der Waals surface area contributed by atoms with Gasteiger partial charge in [-0.25, -0.2) is 4.39 Å². The quantitative estimate of drug-likeness (QED) is 0.726. The molecule has 0 saturated carbocycles. The summed E-state index contributed by atoms with van der Waals surface area (Å²) in [4.78, 5) is 0. The summed E-state index contributed by atoms with van der Waals surface area (Å²) in [5.74, 6) is -0.317. The van der Waals surface area contributed by atoms with Crippen molar-refractivity contribution in [3.05, 3.63) is 29.1 Å². The summed E-state index contributed by atoms with van der Waals surface area (Å²) in [7, 11) is 0. The molecular formula is C15H21FN2. The first-order valence-electron chi connectivity index (χ1n) is 6.63. The number of anilines is 1. The minimum Gasteiger partial charge on any atom is -0.385 e. The van der Waals surface area contributed by atoms with E-state index in [1.807, 2.05) is 6.07 Å². The first-order chi connectivity index (χ1) is 8.69. The molecule has 0 radical (unpaired) electrons. The van der Waals surface area contributed by atoms with E-state index in [4.69, 9.17) is 5.26 Å². The molecule has 98 valence electrons. The highest BCUT2D eigenvalue weighted by Crippen LogP contribution is 2.20. The number of hydrogen-bond acceptors (Lipinski definition) is 2. The van der Waals surface area contributed by atoms with Crippen LogP contribution in [-0.2, 0) is 0 Å². The summed E-state index contributed by atoms with van der Waals surface area (Å²) in [6, 6.07) is 4.97. The summed E-state index contributed by atoms with van der Waals surface area (Å²) < 4.78 is 13.5. The molecule has 0 aliphatic rings. The molecule has 0 saturated heterocycles. The van der Waals surface area contributed by atoms with E-state index in [0.717, 1.165) is 18.7 Å². The molecule has 1 N–H and O–H groups in total. The Bertz CT molecular complexity index is 421. The molecule has 0 aliphatic carbocycles. The number of nitrogens with one attached hydrogen (secondary N) is 1. The van der Waals surface area contributed by atoms with Gasteiger partial charge in [-0.1, -0.05) is 32.6 Å². The Morgan fingerprint density at radius 3 is 2.61 bits per heavy atom. The Kier molecular flexibility index (Phi) is 6.21. The van der Waals surface area contributed by atoms with Gasteiger partial charge in [0.2, 0.25) is 0 Å². The topological polar surface area (TPSA) is 35.8 Å². The molecular weight excluding hydrogens is 227 g/mol. The van der Waals surface area contributed by atoms with E-state index >= 15 is 0 Å². The van der Waals surface area contributed by atoms with Crippen molar-refractivity contribution in [3.8, 4) is 6.07 Å². The Morgan fingerprint density at radius 2 is 1.94 bits per heavy atom. The van der Waals surface area contributed by atoms with Gasteiger partial charge in [0.05, 0.1) is 11.6 Å². The molecule has 0 atom stereocenters. The zero-order chi connectivity index (χ0) is 13.4. The molecule has 0 heterocycles. The monoisotopic (exact) mass is 248 g/mol. The molecule has 1 aromatic carbocycles. The molecule has 0 amide bonds. The predicted molar refractivity (Wildman–Crippen MR) is 73.1 cm³/mol. The molecule has 0 bridgehead atoms. The van der Waals surface area contributed by atoms with Crippen LogP contribution in [0.25, 0.3) is 0 Å². The first kappa shape index (κ1) is 14.5. The number of unbranched alkanes of at least 4 members (excludes halogenated alkanes) is 4. The number of nitrogens with zero attached hydrogens (tertiary/aromatic N) is 1. The van der Waals surface area contributed by atoms with E-state index in [9.17, 15) is 4.39 Å². The predicted octanol–water partition coefficient (Wildman–Crippen LogP) is 4.39. The lowest BCUT2D eigenvalue weighted by molar-refractivity contribution is 0.617. The van der Waals surface area contributed by atoms with E-state index in [-0.39, 0.29) is 5.82 Å². The molecule has 0 spiro atoms. The molecule has 3 heteroatoms. The van der Waals surface area contributed by atoms with Gasteiger partial charge in [-0.05, 0) is 25.5 Å². The first-order valence-corrected chi connectivity index (χ1v) is 6.63. The van der Waals surface area contributed by atoms with E-state index in [1.165, 1.54) is 31.7 Å². The third-order valence-electron chi connectivity index (χ3n) is 3.07. The molecule has 1 aromatic rings. The minimum atomic E-state index is -0.317. The molecule has 18 heavy (non-hydrogen) atoms. The van der Waals surface area contributed by atoms with Crippen LogP contribution < -0.4 is 5.32 Å². The summed E-state index contributed by atoms with van der Waals surface area (Å²) in [6.07, 6.45) is 6.04. The zero-order valence-electron chi connectivity index (χ0n) is 11.2. The summed E-state index contributed by atoms with van der Waals surface area (Å²) in [5, 5.41) is 12.0. The Morgan fingerprint density at radius 1 is 1.22 bits per heavy atom. The molecule has 2 nitrogen and oxygen atoms in total. The molecule has 1 rings (SSSR count). The second-order valence-corrected chi connectivity index (χ2v) is 4.58. The van der Waals surface area contributed by atoms with Gasteiger partial charge < -0.3 is 5.32 Å². The van der Waals surface area contributed by atoms with Crippen LogP contribution in [0, 0.1) is 24.1 Å². The van der Waals surface area contributed by atoms with E-state index in [1.54, 1.807) is 13.0 Å². The lowest BCUT2D eigenvalue weighted by atomic mass is 10.1. The maximum Gasteiger partial charge on any atom is 0.129 e. The fourth-order valence-corrected chi connectivity index (χ4v) is 1.88. The van der Waals surface area contributed by atoms with Crippen molar-refractivity contribution in [2.24, 2.45) is 0 Å². The van der Waals surface area contributed by atoms with Gasteiger partial charge in [-0.15, -0.1) is 0 Å². The summed E-state index contributed by atoms with van der Waals surface area (Å²) in [6.45, 7) is 4.76. The zero-order valence-corrected chi connectivity index (χ0v) is 11.2. The summed E-state index contributed by atoms with van der Waals surface area (Å²) >= 11 is 0. The Hall–Kier alpha value is -1.56. The third kappa shape index (κ3) is 4.37. The van der Waals surface area contributed by atoms with Gasteiger partial charge in [0.25, 0.3) is 0 Å². The van der Waals surface area contributed by atoms with Gasteiger partial charge in [-0.3, -0.25) is 0 Å². The second-order valence-electron chi connectivity index (χ2n) is 4.58. The molecule has 0 aromatic heterocycles. The van der Waals surface area contributed by atoms with Crippen molar-refractivity contribution >= 4 is 5.69 Å². The van der Waals surface area contributed by atoms with Crippen LogP contribution in [0.1, 0.15) is 50.2 Å². The Labute approximate surface area is 109 Å². The normalized spacial score (nSPS) is 10.1. The highest BCUT2D eigenvalue weighted by Gasteiger charge is 2.06. The minimum absolute atomic E-state index is 0.317. The average molecular weight is 248 g/mol. The average Bonchev–Trinajstić information content (AvgIpc) is 2.38. The standard InChI is InChI=1S/C15H21FN2/c1-3-4-5-6-7-8-18-15-10-13(11-17)9-14(16)12(15)2/h9-10,18H,3-8H2,1-2H3. The lowest BCUT2D eigenvalue weighted by Gasteiger charge is -2.10. The largest absolute Gasteiger partial charge is 0.385 e. The van der Waals surface area contributed by atoms with Crippen LogP contribution in [0.5, 0.6) is 0 Å². The van der Waals surface area contributed by atoms with Crippen molar-refractivity contribution in [1.82, 2.24) is 0 Å². The number of halogens is 1. The summed E-state index contributed by atoms with van der Waals surface area (Å²) in [5.41, 5.74) is 1.69. The maximum absolute atomic E-state index is 13.5. The lowest BCUT2D eigenvalue weighted by Crippen LogP contribution is -2.04. The van der Waals surface area contributed by atoms with Crippen LogP contribution in [-0.4, -0.2) is 6.54 Å². The van der Waals surface area contributed by atoms with Crippen molar-refractivity contribution in [2.45, 2.75) is 46.0 Å². The van der Waals surface area contributed by atoms with Gasteiger partial charge in [-0.2, -0.15) is 5.26 Å². The highest BCUT2D eigenvalue weighted by molar-refractivity contribution is 5.55. The third-order valence-corrected chi connectivity index (χ3v) is 3.07. The van der Waals surface area contributed by atoms with Gasteiger partial charge >= 0.3 is 0 Å². The fraction of sp³-hybridized carbons (Fsp3) is 0.533. The number of benzene rings is 1. The molecule has 0 unspecified atom stereocenters. The van der Waals surface area contributed by atoms with E-state index in [0.29, 0.717) is 11.1 Å². The molecule has 0 aliphatic heterocycles. The van der Waals surface area contributed by atoms with Crippen molar-refractivity contribution in [2.75, 3.05) is 11.9 Å². The maximum atomic E-state index is 13.5. The Balaban J connectivity index is 2.47. The number of hydrogen-bond donors (Lipinski definition) is 1. The number of nitriles is 1. The van der Waals surface area contributed by atoms with Crippen LogP contribution in [0.3, 0.4) is 0 Å². The van der Waals surface area contributed by atoms with Crippen LogP contribution >= 0.6 is 0 Å². The van der Waals surface area contributed by atoms with Crippen molar-refractivity contribution < 1.29 is 4.39 Å². The van der Waals surface area contributed by atoms with Crippen molar-refractivity contribution in [3.63, 3.8) is 0 Å². The van der Waals surface area contributed by atoms with Crippen molar-refractivity contribution in [1.29, 1.82) is 5.26 Å². The molecule has 0 fully saturated rings. The van der Waals surface area contributed by atoms with Crippen LogP contribution in [0.4, 0.5) is 10.1 Å². The van der Waals surface area contributed by atoms with Crippen LogP contribution in [0.2, 0.25) is 0 Å². The van der Waals surface area contributed by atoms with E-state index < -0.39 is 0 Å². The SMILES string of the molecule is CCCCCCCNc1cc(C#N)cc(F)c1C. The fourth-order valence-electron chi connectivity index (χ4n) is 1.88.